The molecule has 0 saturated heterocycles. The van der Waals surface area contributed by atoms with Crippen molar-refractivity contribution < 1.29 is 5.11 Å². The fourth-order valence-electron chi connectivity index (χ4n) is 3.03. The van der Waals surface area contributed by atoms with Crippen molar-refractivity contribution in [3.8, 4) is 0 Å². The Labute approximate surface area is 119 Å². The van der Waals surface area contributed by atoms with E-state index in [-0.39, 0.29) is 6.10 Å². The van der Waals surface area contributed by atoms with Gasteiger partial charge in [-0.3, -0.25) is 0 Å². The SMILES string of the molecule is CC(C)C1CCC(C(O)Cc2ccc(Cl)s2)CC1. The molecule has 1 nitrogen and oxygen atoms in total. The molecule has 1 aromatic rings. The van der Waals surface area contributed by atoms with E-state index in [0.717, 1.165) is 22.6 Å². The number of hydrogen-bond donors (Lipinski definition) is 1. The average Bonchev–Trinajstić information content (AvgIpc) is 2.75. The Morgan fingerprint density at radius 3 is 2.33 bits per heavy atom. The number of hydrogen-bond acceptors (Lipinski definition) is 2. The second-order valence-corrected chi connectivity index (χ2v) is 7.70. The fourth-order valence-corrected chi connectivity index (χ4v) is 4.17. The topological polar surface area (TPSA) is 20.2 Å². The molecular formula is C15H23ClOS. The summed E-state index contributed by atoms with van der Waals surface area (Å²) in [6.45, 7) is 4.63. The maximum Gasteiger partial charge on any atom is 0.0931 e. The smallest absolute Gasteiger partial charge is 0.0931 e. The minimum absolute atomic E-state index is 0.187. The predicted octanol–water partition coefficient (Wildman–Crippen LogP) is 4.77. The predicted molar refractivity (Wildman–Crippen MR) is 79.3 cm³/mol. The van der Waals surface area contributed by atoms with E-state index in [2.05, 4.69) is 13.8 Å². The van der Waals surface area contributed by atoms with Gasteiger partial charge in [-0.1, -0.05) is 25.4 Å². The van der Waals surface area contributed by atoms with E-state index < -0.39 is 0 Å². The molecule has 1 heterocycles. The van der Waals surface area contributed by atoms with E-state index in [0.29, 0.717) is 5.92 Å². The maximum atomic E-state index is 10.3. The molecule has 0 bridgehead atoms. The zero-order valence-corrected chi connectivity index (χ0v) is 12.8. The first-order valence-corrected chi connectivity index (χ1v) is 8.18. The quantitative estimate of drug-likeness (QED) is 0.845. The van der Waals surface area contributed by atoms with E-state index in [4.69, 9.17) is 11.6 Å². The van der Waals surface area contributed by atoms with Gasteiger partial charge in [-0.2, -0.15) is 0 Å². The van der Waals surface area contributed by atoms with Crippen LogP contribution in [0.25, 0.3) is 0 Å². The first kappa shape index (κ1) is 14.4. The number of aliphatic hydroxyl groups excluding tert-OH is 1. The van der Waals surface area contributed by atoms with Crippen molar-refractivity contribution in [2.45, 2.75) is 52.1 Å². The van der Waals surface area contributed by atoms with Crippen LogP contribution in [0, 0.1) is 17.8 Å². The van der Waals surface area contributed by atoms with Crippen molar-refractivity contribution in [2.24, 2.45) is 17.8 Å². The van der Waals surface area contributed by atoms with Gasteiger partial charge >= 0.3 is 0 Å². The lowest BCUT2D eigenvalue weighted by Crippen LogP contribution is -2.28. The van der Waals surface area contributed by atoms with Gasteiger partial charge in [0.2, 0.25) is 0 Å². The second kappa shape index (κ2) is 6.40. The molecule has 2 rings (SSSR count). The molecule has 0 aliphatic heterocycles. The van der Waals surface area contributed by atoms with Gasteiger partial charge in [-0.25, -0.2) is 0 Å². The van der Waals surface area contributed by atoms with Crippen LogP contribution < -0.4 is 0 Å². The molecule has 0 aromatic carbocycles. The zero-order chi connectivity index (χ0) is 13.1. The van der Waals surface area contributed by atoms with Crippen molar-refractivity contribution >= 4 is 22.9 Å². The first-order valence-electron chi connectivity index (χ1n) is 6.98. The standard InChI is InChI=1S/C15H23ClOS/c1-10(2)11-3-5-12(6-4-11)14(17)9-13-7-8-15(16)18-13/h7-8,10-12,14,17H,3-6,9H2,1-2H3. The normalized spacial score (nSPS) is 26.5. The zero-order valence-electron chi connectivity index (χ0n) is 11.2. The summed E-state index contributed by atoms with van der Waals surface area (Å²) in [5, 5.41) is 10.3. The molecule has 1 atom stereocenters. The van der Waals surface area contributed by atoms with E-state index in [1.807, 2.05) is 12.1 Å². The van der Waals surface area contributed by atoms with Gasteiger partial charge in [0.15, 0.2) is 0 Å². The van der Waals surface area contributed by atoms with Crippen LogP contribution in [0.5, 0.6) is 0 Å². The molecular weight excluding hydrogens is 264 g/mol. The Bertz CT molecular complexity index is 366. The molecule has 1 saturated carbocycles. The van der Waals surface area contributed by atoms with Gasteiger partial charge < -0.3 is 5.11 Å². The van der Waals surface area contributed by atoms with Crippen LogP contribution in [0.15, 0.2) is 12.1 Å². The van der Waals surface area contributed by atoms with Gasteiger partial charge in [0.25, 0.3) is 0 Å². The highest BCUT2D eigenvalue weighted by atomic mass is 35.5. The van der Waals surface area contributed by atoms with Crippen molar-refractivity contribution in [2.75, 3.05) is 0 Å². The van der Waals surface area contributed by atoms with Crippen LogP contribution >= 0.6 is 22.9 Å². The minimum atomic E-state index is -0.187. The molecule has 1 N–H and O–H groups in total. The Morgan fingerprint density at radius 1 is 1.22 bits per heavy atom. The molecule has 1 unspecified atom stereocenters. The van der Waals surface area contributed by atoms with Crippen molar-refractivity contribution in [1.29, 1.82) is 0 Å². The van der Waals surface area contributed by atoms with Gasteiger partial charge in [0.05, 0.1) is 10.4 Å². The molecule has 3 heteroatoms. The molecule has 0 radical (unpaired) electrons. The maximum absolute atomic E-state index is 10.3. The summed E-state index contributed by atoms with van der Waals surface area (Å²) < 4.78 is 0.820. The minimum Gasteiger partial charge on any atom is -0.392 e. The van der Waals surface area contributed by atoms with Crippen LogP contribution in [-0.4, -0.2) is 11.2 Å². The highest BCUT2D eigenvalue weighted by Gasteiger charge is 2.27. The van der Waals surface area contributed by atoms with Crippen molar-refractivity contribution in [3.63, 3.8) is 0 Å². The van der Waals surface area contributed by atoms with Crippen LogP contribution in [0.4, 0.5) is 0 Å². The molecule has 18 heavy (non-hydrogen) atoms. The molecule has 1 aliphatic rings. The molecule has 102 valence electrons. The lowest BCUT2D eigenvalue weighted by molar-refractivity contribution is 0.0681. The van der Waals surface area contributed by atoms with Crippen molar-refractivity contribution in [1.82, 2.24) is 0 Å². The van der Waals surface area contributed by atoms with Crippen LogP contribution in [0.1, 0.15) is 44.4 Å². The third-order valence-corrected chi connectivity index (χ3v) is 5.60. The first-order chi connectivity index (χ1) is 8.56. The Hall–Kier alpha value is -0.0500. The van der Waals surface area contributed by atoms with Crippen LogP contribution in [0.2, 0.25) is 4.34 Å². The summed E-state index contributed by atoms with van der Waals surface area (Å²) in [5.41, 5.74) is 0. The number of thiophene rings is 1. The van der Waals surface area contributed by atoms with Gasteiger partial charge in [-0.15, -0.1) is 11.3 Å². The van der Waals surface area contributed by atoms with E-state index in [9.17, 15) is 5.11 Å². The lowest BCUT2D eigenvalue weighted by atomic mass is 9.75. The molecule has 1 aromatic heterocycles. The molecule has 1 fully saturated rings. The summed E-state index contributed by atoms with van der Waals surface area (Å²) in [6, 6.07) is 3.96. The fraction of sp³-hybridized carbons (Fsp3) is 0.733. The van der Waals surface area contributed by atoms with Crippen LogP contribution in [0.3, 0.4) is 0 Å². The van der Waals surface area contributed by atoms with E-state index in [1.165, 1.54) is 30.6 Å². The van der Waals surface area contributed by atoms with Crippen molar-refractivity contribution in [3.05, 3.63) is 21.3 Å². The van der Waals surface area contributed by atoms with E-state index in [1.54, 1.807) is 11.3 Å². The Kier molecular flexibility index (Phi) is 5.11. The summed E-state index contributed by atoms with van der Waals surface area (Å²) in [5.74, 6) is 2.14. The molecule has 0 spiro atoms. The highest BCUT2D eigenvalue weighted by Crippen LogP contribution is 2.36. The third-order valence-electron chi connectivity index (χ3n) is 4.34. The van der Waals surface area contributed by atoms with Gasteiger partial charge in [0.1, 0.15) is 0 Å². The molecule has 0 amide bonds. The van der Waals surface area contributed by atoms with E-state index >= 15 is 0 Å². The molecule has 1 aliphatic carbocycles. The highest BCUT2D eigenvalue weighted by molar-refractivity contribution is 7.16. The number of halogens is 1. The monoisotopic (exact) mass is 286 g/mol. The Balaban J connectivity index is 1.82. The lowest BCUT2D eigenvalue weighted by Gasteiger charge is -2.33. The summed E-state index contributed by atoms with van der Waals surface area (Å²) in [6.07, 6.45) is 5.52. The summed E-state index contributed by atoms with van der Waals surface area (Å²) in [4.78, 5) is 1.21. The largest absolute Gasteiger partial charge is 0.392 e. The average molecular weight is 287 g/mol. The summed E-state index contributed by atoms with van der Waals surface area (Å²) >= 11 is 7.51. The summed E-state index contributed by atoms with van der Waals surface area (Å²) in [7, 11) is 0. The third kappa shape index (κ3) is 3.72. The number of aliphatic hydroxyl groups is 1. The van der Waals surface area contributed by atoms with Gasteiger partial charge in [-0.05, 0) is 55.6 Å². The Morgan fingerprint density at radius 2 is 1.83 bits per heavy atom. The number of rotatable bonds is 4. The van der Waals surface area contributed by atoms with Gasteiger partial charge in [0, 0.05) is 11.3 Å². The second-order valence-electron chi connectivity index (χ2n) is 5.90. The van der Waals surface area contributed by atoms with Crippen LogP contribution in [-0.2, 0) is 6.42 Å².